The van der Waals surface area contributed by atoms with Gasteiger partial charge in [-0.25, -0.2) is 4.98 Å². The van der Waals surface area contributed by atoms with Crippen molar-refractivity contribution in [2.45, 2.75) is 0 Å². The van der Waals surface area contributed by atoms with E-state index in [2.05, 4.69) is 25.3 Å². The topological polar surface area (TPSA) is 92.5 Å². The number of halogens is 1. The van der Waals surface area contributed by atoms with Gasteiger partial charge in [-0.15, -0.1) is 0 Å². The molecular formula is C11H9ClN6. The van der Waals surface area contributed by atoms with Gasteiger partial charge in [0, 0.05) is 10.7 Å². The third kappa shape index (κ3) is 1.93. The molecule has 1 aromatic carbocycles. The number of nitrogens with two attached hydrogens (primary N) is 1. The molecule has 0 fully saturated rings. The second-order valence-corrected chi connectivity index (χ2v) is 4.10. The summed E-state index contributed by atoms with van der Waals surface area (Å²) in [7, 11) is 0. The first-order valence-corrected chi connectivity index (χ1v) is 5.59. The van der Waals surface area contributed by atoms with Crippen molar-refractivity contribution in [1.29, 1.82) is 0 Å². The molecule has 0 bridgehead atoms. The van der Waals surface area contributed by atoms with Gasteiger partial charge in [-0.05, 0) is 18.2 Å². The number of H-pyrrole nitrogens is 1. The van der Waals surface area contributed by atoms with Gasteiger partial charge < -0.3 is 16.0 Å². The van der Waals surface area contributed by atoms with E-state index >= 15 is 0 Å². The van der Waals surface area contributed by atoms with Gasteiger partial charge in [-0.1, -0.05) is 17.7 Å². The van der Waals surface area contributed by atoms with Gasteiger partial charge in [0.1, 0.15) is 5.52 Å². The molecule has 90 valence electrons. The SMILES string of the molecule is Nc1nc(Nc2cccc(Cl)c2)c2[nH]cnc2n1. The van der Waals surface area contributed by atoms with E-state index in [1.165, 1.54) is 0 Å². The fourth-order valence-electron chi connectivity index (χ4n) is 1.64. The number of fused-ring (bicyclic) bond motifs is 1. The molecule has 0 aliphatic carbocycles. The van der Waals surface area contributed by atoms with Crippen molar-refractivity contribution in [3.63, 3.8) is 0 Å². The molecule has 3 rings (SSSR count). The molecule has 7 heteroatoms. The average Bonchev–Trinajstić information content (AvgIpc) is 2.77. The average molecular weight is 261 g/mol. The van der Waals surface area contributed by atoms with Crippen LogP contribution in [0.1, 0.15) is 0 Å². The zero-order chi connectivity index (χ0) is 12.5. The van der Waals surface area contributed by atoms with Crippen LogP contribution in [-0.4, -0.2) is 19.9 Å². The molecule has 0 saturated carbocycles. The van der Waals surface area contributed by atoms with Gasteiger partial charge in [-0.2, -0.15) is 9.97 Å². The fraction of sp³-hybridized carbons (Fsp3) is 0. The Labute approximate surface area is 107 Å². The largest absolute Gasteiger partial charge is 0.368 e. The zero-order valence-corrected chi connectivity index (χ0v) is 9.94. The Morgan fingerprint density at radius 3 is 3.00 bits per heavy atom. The van der Waals surface area contributed by atoms with Crippen LogP contribution in [0.25, 0.3) is 11.2 Å². The van der Waals surface area contributed by atoms with E-state index in [0.717, 1.165) is 5.69 Å². The third-order valence-corrected chi connectivity index (χ3v) is 2.63. The van der Waals surface area contributed by atoms with E-state index in [9.17, 15) is 0 Å². The Morgan fingerprint density at radius 1 is 1.28 bits per heavy atom. The van der Waals surface area contributed by atoms with Crippen molar-refractivity contribution >= 4 is 40.2 Å². The van der Waals surface area contributed by atoms with Crippen LogP contribution < -0.4 is 11.1 Å². The molecule has 0 atom stereocenters. The van der Waals surface area contributed by atoms with Crippen molar-refractivity contribution in [2.24, 2.45) is 0 Å². The summed E-state index contributed by atoms with van der Waals surface area (Å²) >= 11 is 5.92. The summed E-state index contributed by atoms with van der Waals surface area (Å²) in [6.07, 6.45) is 1.54. The summed E-state index contributed by atoms with van der Waals surface area (Å²) in [6, 6.07) is 7.32. The van der Waals surface area contributed by atoms with E-state index in [4.69, 9.17) is 17.3 Å². The standard InChI is InChI=1S/C11H9ClN6/c12-6-2-1-3-7(4-6)16-10-8-9(15-5-14-8)17-11(13)18-10/h1-5H,(H4,13,14,15,16,17,18). The Morgan fingerprint density at radius 2 is 2.17 bits per heavy atom. The molecular weight excluding hydrogens is 252 g/mol. The molecule has 0 aliphatic rings. The molecule has 2 aromatic heterocycles. The van der Waals surface area contributed by atoms with Crippen molar-refractivity contribution in [3.05, 3.63) is 35.6 Å². The summed E-state index contributed by atoms with van der Waals surface area (Å²) in [6.45, 7) is 0. The van der Waals surface area contributed by atoms with Crippen molar-refractivity contribution in [3.8, 4) is 0 Å². The number of benzene rings is 1. The summed E-state index contributed by atoms with van der Waals surface area (Å²) in [5.74, 6) is 0.733. The maximum absolute atomic E-state index is 5.92. The third-order valence-electron chi connectivity index (χ3n) is 2.39. The first-order chi connectivity index (χ1) is 8.72. The summed E-state index contributed by atoms with van der Waals surface area (Å²) in [4.78, 5) is 15.2. The zero-order valence-electron chi connectivity index (χ0n) is 9.18. The predicted octanol–water partition coefficient (Wildman–Crippen LogP) is 2.33. The Hall–Kier alpha value is -2.34. The molecule has 18 heavy (non-hydrogen) atoms. The van der Waals surface area contributed by atoms with Crippen molar-refractivity contribution < 1.29 is 0 Å². The van der Waals surface area contributed by atoms with Gasteiger partial charge in [0.2, 0.25) is 5.95 Å². The molecule has 0 spiro atoms. The summed E-state index contributed by atoms with van der Waals surface area (Å²) < 4.78 is 0. The molecule has 3 aromatic rings. The van der Waals surface area contributed by atoms with Crippen molar-refractivity contribution in [2.75, 3.05) is 11.1 Å². The smallest absolute Gasteiger partial charge is 0.224 e. The minimum atomic E-state index is 0.166. The van der Waals surface area contributed by atoms with Crippen LogP contribution in [0.15, 0.2) is 30.6 Å². The van der Waals surface area contributed by atoms with Gasteiger partial charge in [0.25, 0.3) is 0 Å². The Bertz CT molecular complexity index is 708. The van der Waals surface area contributed by atoms with Gasteiger partial charge in [0.05, 0.1) is 6.33 Å². The van der Waals surface area contributed by atoms with E-state index in [-0.39, 0.29) is 5.95 Å². The normalized spacial score (nSPS) is 10.7. The maximum atomic E-state index is 5.92. The lowest BCUT2D eigenvalue weighted by Gasteiger charge is -2.06. The van der Waals surface area contributed by atoms with Crippen LogP contribution in [0.5, 0.6) is 0 Å². The first-order valence-electron chi connectivity index (χ1n) is 5.21. The lowest BCUT2D eigenvalue weighted by atomic mass is 10.3. The molecule has 0 radical (unpaired) electrons. The highest BCUT2D eigenvalue weighted by molar-refractivity contribution is 6.30. The van der Waals surface area contributed by atoms with E-state index in [1.807, 2.05) is 12.1 Å². The number of rotatable bonds is 2. The second kappa shape index (κ2) is 4.15. The quantitative estimate of drug-likeness (QED) is 0.658. The van der Waals surface area contributed by atoms with E-state index < -0.39 is 0 Å². The Balaban J connectivity index is 2.06. The van der Waals surface area contributed by atoms with Crippen molar-refractivity contribution in [1.82, 2.24) is 19.9 Å². The lowest BCUT2D eigenvalue weighted by Crippen LogP contribution is -2.01. The highest BCUT2D eigenvalue weighted by Gasteiger charge is 2.08. The molecule has 6 nitrogen and oxygen atoms in total. The van der Waals surface area contributed by atoms with Gasteiger partial charge in [-0.3, -0.25) is 0 Å². The summed E-state index contributed by atoms with van der Waals surface area (Å²) in [5, 5.41) is 3.77. The highest BCUT2D eigenvalue weighted by Crippen LogP contribution is 2.23. The summed E-state index contributed by atoms with van der Waals surface area (Å²) in [5.41, 5.74) is 7.66. The van der Waals surface area contributed by atoms with Crippen LogP contribution >= 0.6 is 11.6 Å². The second-order valence-electron chi connectivity index (χ2n) is 3.67. The van der Waals surface area contributed by atoms with Gasteiger partial charge >= 0.3 is 0 Å². The molecule has 2 heterocycles. The molecule has 0 saturated heterocycles. The molecule has 0 amide bonds. The number of nitrogens with zero attached hydrogens (tertiary/aromatic N) is 3. The number of nitrogens with one attached hydrogen (secondary N) is 2. The van der Waals surface area contributed by atoms with Crippen LogP contribution in [0.2, 0.25) is 5.02 Å². The number of hydrogen-bond acceptors (Lipinski definition) is 5. The van der Waals surface area contributed by atoms with E-state index in [0.29, 0.717) is 22.0 Å². The minimum Gasteiger partial charge on any atom is -0.368 e. The number of anilines is 3. The predicted molar refractivity (Wildman–Crippen MR) is 70.8 cm³/mol. The molecule has 4 N–H and O–H groups in total. The number of imidazole rings is 1. The maximum Gasteiger partial charge on any atom is 0.224 e. The molecule has 0 aliphatic heterocycles. The van der Waals surface area contributed by atoms with Crippen LogP contribution in [0.3, 0.4) is 0 Å². The van der Waals surface area contributed by atoms with Crippen LogP contribution in [0.4, 0.5) is 17.5 Å². The minimum absolute atomic E-state index is 0.166. The number of hydrogen-bond donors (Lipinski definition) is 3. The Kier molecular flexibility index (Phi) is 2.49. The number of aromatic nitrogens is 4. The fourth-order valence-corrected chi connectivity index (χ4v) is 1.83. The molecule has 0 unspecified atom stereocenters. The van der Waals surface area contributed by atoms with Gasteiger partial charge in [0.15, 0.2) is 11.5 Å². The lowest BCUT2D eigenvalue weighted by molar-refractivity contribution is 1.21. The number of aromatic amines is 1. The van der Waals surface area contributed by atoms with Crippen LogP contribution in [0, 0.1) is 0 Å². The number of nitrogen functional groups attached to an aromatic ring is 1. The van der Waals surface area contributed by atoms with E-state index in [1.54, 1.807) is 18.5 Å². The first kappa shape index (κ1) is 10.8. The van der Waals surface area contributed by atoms with Crippen LogP contribution in [-0.2, 0) is 0 Å². The highest BCUT2D eigenvalue weighted by atomic mass is 35.5. The monoisotopic (exact) mass is 260 g/mol.